The second-order valence-corrected chi connectivity index (χ2v) is 7.77. The van der Waals surface area contributed by atoms with Gasteiger partial charge < -0.3 is 5.32 Å². The molecule has 3 rings (SSSR count). The number of carbonyl (C=O) groups is 1. The third kappa shape index (κ3) is 3.76. The summed E-state index contributed by atoms with van der Waals surface area (Å²) in [6, 6.07) is 8.89. The van der Waals surface area contributed by atoms with Crippen LogP contribution in [0.1, 0.15) is 34.4 Å². The van der Waals surface area contributed by atoms with E-state index in [-0.39, 0.29) is 5.57 Å². The SMILES string of the molecule is N#C/C(=C\c1ccc(Cl)cc1Cl)C(=O)Nc1sc2c(c1C#N)CCCC2. The number of nitrogens with zero attached hydrogens (tertiary/aromatic N) is 2. The van der Waals surface area contributed by atoms with Gasteiger partial charge in [-0.05, 0) is 55.0 Å². The Morgan fingerprint density at radius 2 is 2.00 bits per heavy atom. The van der Waals surface area contributed by atoms with Crippen molar-refractivity contribution in [2.75, 3.05) is 5.32 Å². The summed E-state index contributed by atoms with van der Waals surface area (Å²) in [7, 11) is 0. The van der Waals surface area contributed by atoms with Crippen molar-refractivity contribution in [2.45, 2.75) is 25.7 Å². The summed E-state index contributed by atoms with van der Waals surface area (Å²) < 4.78 is 0. The predicted octanol–water partition coefficient (Wildman–Crippen LogP) is 5.35. The number of hydrogen-bond acceptors (Lipinski definition) is 4. The topological polar surface area (TPSA) is 76.7 Å². The Morgan fingerprint density at radius 1 is 1.23 bits per heavy atom. The fourth-order valence-corrected chi connectivity index (χ4v) is 4.56. The van der Waals surface area contributed by atoms with E-state index < -0.39 is 5.91 Å². The van der Waals surface area contributed by atoms with Crippen molar-refractivity contribution < 1.29 is 4.79 Å². The summed E-state index contributed by atoms with van der Waals surface area (Å²) in [5, 5.41) is 22.9. The van der Waals surface area contributed by atoms with Crippen molar-refractivity contribution >= 4 is 51.5 Å². The molecule has 1 N–H and O–H groups in total. The van der Waals surface area contributed by atoms with Crippen LogP contribution in [0.2, 0.25) is 10.0 Å². The van der Waals surface area contributed by atoms with Gasteiger partial charge in [0, 0.05) is 14.9 Å². The number of amides is 1. The van der Waals surface area contributed by atoms with Crippen LogP contribution in [-0.4, -0.2) is 5.91 Å². The van der Waals surface area contributed by atoms with Crippen LogP contribution in [0, 0.1) is 22.7 Å². The van der Waals surface area contributed by atoms with E-state index in [0.29, 0.717) is 26.2 Å². The molecule has 130 valence electrons. The molecule has 1 amide bonds. The average molecular weight is 402 g/mol. The molecule has 1 aliphatic rings. The quantitative estimate of drug-likeness (QED) is 0.555. The van der Waals surface area contributed by atoms with E-state index in [1.165, 1.54) is 17.4 Å². The number of nitrogens with one attached hydrogen (secondary N) is 1. The lowest BCUT2D eigenvalue weighted by Crippen LogP contribution is -2.13. The summed E-state index contributed by atoms with van der Waals surface area (Å²) in [4.78, 5) is 13.7. The van der Waals surface area contributed by atoms with Gasteiger partial charge in [-0.1, -0.05) is 29.3 Å². The Kier molecular flexibility index (Phi) is 5.64. The Labute approximate surface area is 165 Å². The number of benzene rings is 1. The molecular formula is C19H13Cl2N3OS. The zero-order chi connectivity index (χ0) is 18.7. The van der Waals surface area contributed by atoms with Gasteiger partial charge in [-0.2, -0.15) is 10.5 Å². The van der Waals surface area contributed by atoms with Gasteiger partial charge in [-0.25, -0.2) is 0 Å². The van der Waals surface area contributed by atoms with Gasteiger partial charge in [0.1, 0.15) is 22.7 Å². The standard InChI is InChI=1S/C19H13Cl2N3OS/c20-13-6-5-11(16(21)8-13)7-12(9-22)18(25)24-19-15(10-23)14-3-1-2-4-17(14)26-19/h5-8H,1-4H2,(H,24,25)/b12-7+. The lowest BCUT2D eigenvalue weighted by atomic mass is 9.96. The van der Waals surface area contributed by atoms with Gasteiger partial charge >= 0.3 is 0 Å². The molecule has 0 spiro atoms. The molecule has 0 unspecified atom stereocenters. The lowest BCUT2D eigenvalue weighted by Gasteiger charge is -2.09. The van der Waals surface area contributed by atoms with E-state index in [0.717, 1.165) is 36.1 Å². The van der Waals surface area contributed by atoms with Gasteiger partial charge in [0.2, 0.25) is 0 Å². The number of thiophene rings is 1. The third-order valence-electron chi connectivity index (χ3n) is 4.14. The van der Waals surface area contributed by atoms with E-state index in [9.17, 15) is 15.3 Å². The first-order chi connectivity index (χ1) is 12.5. The van der Waals surface area contributed by atoms with Crippen molar-refractivity contribution in [3.8, 4) is 12.1 Å². The van der Waals surface area contributed by atoms with Crippen LogP contribution in [0.3, 0.4) is 0 Å². The monoisotopic (exact) mass is 401 g/mol. The summed E-state index contributed by atoms with van der Waals surface area (Å²) in [5.41, 5.74) is 1.97. The highest BCUT2D eigenvalue weighted by Gasteiger charge is 2.22. The highest BCUT2D eigenvalue weighted by molar-refractivity contribution is 7.16. The third-order valence-corrected chi connectivity index (χ3v) is 5.91. The number of hydrogen-bond donors (Lipinski definition) is 1. The molecule has 2 aromatic rings. The number of rotatable bonds is 3. The Balaban J connectivity index is 1.89. The molecule has 0 saturated heterocycles. The molecule has 0 saturated carbocycles. The van der Waals surface area contributed by atoms with Crippen molar-refractivity contribution in [1.82, 2.24) is 0 Å². The molecular weight excluding hydrogens is 389 g/mol. The Bertz CT molecular complexity index is 995. The lowest BCUT2D eigenvalue weighted by molar-refractivity contribution is -0.112. The second-order valence-electron chi connectivity index (χ2n) is 5.82. The van der Waals surface area contributed by atoms with Crippen LogP contribution >= 0.6 is 34.5 Å². The average Bonchev–Trinajstić information content (AvgIpc) is 2.97. The highest BCUT2D eigenvalue weighted by atomic mass is 35.5. The van der Waals surface area contributed by atoms with E-state index in [2.05, 4.69) is 11.4 Å². The molecule has 1 aromatic heterocycles. The zero-order valence-corrected chi connectivity index (χ0v) is 15.9. The minimum Gasteiger partial charge on any atom is -0.312 e. The number of halogens is 2. The first-order valence-corrected chi connectivity index (χ1v) is 9.53. The van der Waals surface area contributed by atoms with Crippen LogP contribution in [0.4, 0.5) is 5.00 Å². The number of aryl methyl sites for hydroxylation is 1. The fourth-order valence-electron chi connectivity index (χ4n) is 2.87. The molecule has 4 nitrogen and oxygen atoms in total. The first-order valence-electron chi connectivity index (χ1n) is 7.96. The minimum absolute atomic E-state index is 0.0931. The van der Waals surface area contributed by atoms with E-state index in [4.69, 9.17) is 23.2 Å². The molecule has 7 heteroatoms. The van der Waals surface area contributed by atoms with Gasteiger partial charge in [0.15, 0.2) is 0 Å². The number of nitriles is 2. The van der Waals surface area contributed by atoms with Crippen LogP contribution < -0.4 is 5.32 Å². The number of fused-ring (bicyclic) bond motifs is 1. The molecule has 0 fully saturated rings. The van der Waals surface area contributed by atoms with Gasteiger partial charge in [0.25, 0.3) is 5.91 Å². The van der Waals surface area contributed by atoms with Gasteiger partial charge in [0.05, 0.1) is 5.56 Å². The molecule has 0 radical (unpaired) electrons. The van der Waals surface area contributed by atoms with Crippen molar-refractivity contribution in [3.05, 3.63) is 55.4 Å². The molecule has 1 aliphatic carbocycles. The summed E-state index contributed by atoms with van der Waals surface area (Å²) in [6.07, 6.45) is 5.32. The molecule has 0 atom stereocenters. The molecule has 1 aromatic carbocycles. The maximum atomic E-state index is 12.5. The highest BCUT2D eigenvalue weighted by Crippen LogP contribution is 2.37. The van der Waals surface area contributed by atoms with E-state index in [1.54, 1.807) is 18.2 Å². The van der Waals surface area contributed by atoms with Crippen LogP contribution in [-0.2, 0) is 17.6 Å². The first kappa shape index (κ1) is 18.5. The normalized spacial score (nSPS) is 13.5. The van der Waals surface area contributed by atoms with Crippen LogP contribution in [0.5, 0.6) is 0 Å². The molecule has 26 heavy (non-hydrogen) atoms. The van der Waals surface area contributed by atoms with Crippen LogP contribution in [0.15, 0.2) is 23.8 Å². The summed E-state index contributed by atoms with van der Waals surface area (Å²) in [5.74, 6) is -0.561. The van der Waals surface area contributed by atoms with Crippen molar-refractivity contribution in [3.63, 3.8) is 0 Å². The van der Waals surface area contributed by atoms with E-state index >= 15 is 0 Å². The molecule has 0 bridgehead atoms. The Morgan fingerprint density at radius 3 is 2.69 bits per heavy atom. The summed E-state index contributed by atoms with van der Waals surface area (Å²) in [6.45, 7) is 0. The molecule has 0 aliphatic heterocycles. The van der Waals surface area contributed by atoms with Gasteiger partial charge in [-0.15, -0.1) is 11.3 Å². The number of anilines is 1. The predicted molar refractivity (Wildman–Crippen MR) is 104 cm³/mol. The molecule has 1 heterocycles. The van der Waals surface area contributed by atoms with Gasteiger partial charge in [-0.3, -0.25) is 4.79 Å². The Hall–Kier alpha value is -2.31. The van der Waals surface area contributed by atoms with Crippen LogP contribution in [0.25, 0.3) is 6.08 Å². The largest absolute Gasteiger partial charge is 0.312 e. The van der Waals surface area contributed by atoms with Crippen molar-refractivity contribution in [2.24, 2.45) is 0 Å². The fraction of sp³-hybridized carbons (Fsp3) is 0.211. The smallest absolute Gasteiger partial charge is 0.266 e. The maximum absolute atomic E-state index is 12.5. The second kappa shape index (κ2) is 7.93. The minimum atomic E-state index is -0.561. The number of carbonyl (C=O) groups excluding carboxylic acids is 1. The van der Waals surface area contributed by atoms with E-state index in [1.807, 2.05) is 6.07 Å². The maximum Gasteiger partial charge on any atom is 0.266 e. The zero-order valence-electron chi connectivity index (χ0n) is 13.6. The van der Waals surface area contributed by atoms with Crippen molar-refractivity contribution in [1.29, 1.82) is 10.5 Å². The summed E-state index contributed by atoms with van der Waals surface area (Å²) >= 11 is 13.4.